The predicted octanol–water partition coefficient (Wildman–Crippen LogP) is 3.34. The summed E-state index contributed by atoms with van der Waals surface area (Å²) in [6.45, 7) is 1.93. The molecule has 1 aromatic heterocycles. The Morgan fingerprint density at radius 3 is 2.75 bits per heavy atom. The number of carbonyl (C=O) groups is 1. The Kier molecular flexibility index (Phi) is 4.59. The van der Waals surface area contributed by atoms with Crippen LogP contribution in [0.5, 0.6) is 0 Å². The first-order valence-electron chi connectivity index (χ1n) is 5.72. The third kappa shape index (κ3) is 3.27. The van der Waals surface area contributed by atoms with Gasteiger partial charge in [-0.25, -0.2) is 10.8 Å². The SMILES string of the molecule is Cc1cc(NC(=O)c2nc(NN)ccc2Cl)ccc1Br. The van der Waals surface area contributed by atoms with Gasteiger partial charge >= 0.3 is 0 Å². The fourth-order valence-corrected chi connectivity index (χ4v) is 2.03. The third-order valence-electron chi connectivity index (χ3n) is 2.62. The van der Waals surface area contributed by atoms with Crippen molar-refractivity contribution >= 4 is 44.9 Å². The highest BCUT2D eigenvalue weighted by Crippen LogP contribution is 2.22. The fraction of sp³-hybridized carbons (Fsp3) is 0.0769. The van der Waals surface area contributed by atoms with Crippen LogP contribution < -0.4 is 16.6 Å². The van der Waals surface area contributed by atoms with Crippen LogP contribution in [0.4, 0.5) is 11.5 Å². The lowest BCUT2D eigenvalue weighted by atomic mass is 10.2. The summed E-state index contributed by atoms with van der Waals surface area (Å²) >= 11 is 9.37. The number of hydrogen-bond donors (Lipinski definition) is 3. The lowest BCUT2D eigenvalue weighted by molar-refractivity contribution is 0.102. The van der Waals surface area contributed by atoms with Gasteiger partial charge < -0.3 is 10.7 Å². The molecule has 2 rings (SSSR count). The van der Waals surface area contributed by atoms with Crippen LogP contribution in [0, 0.1) is 6.92 Å². The fourth-order valence-electron chi connectivity index (χ4n) is 1.59. The van der Waals surface area contributed by atoms with E-state index in [9.17, 15) is 4.79 Å². The molecule has 20 heavy (non-hydrogen) atoms. The first kappa shape index (κ1) is 14.8. The molecule has 1 amide bonds. The third-order valence-corrected chi connectivity index (χ3v) is 3.82. The number of aryl methyl sites for hydroxylation is 1. The zero-order valence-corrected chi connectivity index (χ0v) is 12.9. The molecule has 1 aromatic carbocycles. The number of hydrogen-bond acceptors (Lipinski definition) is 4. The number of carbonyl (C=O) groups excluding carboxylic acids is 1. The molecule has 0 saturated carbocycles. The maximum Gasteiger partial charge on any atom is 0.275 e. The number of benzene rings is 1. The monoisotopic (exact) mass is 354 g/mol. The summed E-state index contributed by atoms with van der Waals surface area (Å²) in [6.07, 6.45) is 0. The molecule has 0 unspecified atom stereocenters. The van der Waals surface area contributed by atoms with Gasteiger partial charge in [0.1, 0.15) is 11.5 Å². The number of aromatic nitrogens is 1. The Balaban J connectivity index is 2.25. The van der Waals surface area contributed by atoms with Crippen LogP contribution in [0.1, 0.15) is 16.1 Å². The highest BCUT2D eigenvalue weighted by atomic mass is 79.9. The van der Waals surface area contributed by atoms with Crippen LogP contribution in [0.15, 0.2) is 34.8 Å². The zero-order chi connectivity index (χ0) is 14.7. The Bertz CT molecular complexity index is 663. The van der Waals surface area contributed by atoms with Gasteiger partial charge in [0.25, 0.3) is 5.91 Å². The summed E-state index contributed by atoms with van der Waals surface area (Å²) in [5, 5.41) is 3.00. The molecule has 0 aliphatic heterocycles. The summed E-state index contributed by atoms with van der Waals surface area (Å²) in [7, 11) is 0. The van der Waals surface area contributed by atoms with E-state index in [2.05, 4.69) is 31.7 Å². The summed E-state index contributed by atoms with van der Waals surface area (Å²) in [5.74, 6) is 5.24. The van der Waals surface area contributed by atoms with E-state index < -0.39 is 5.91 Å². The second-order valence-corrected chi connectivity index (χ2v) is 5.35. The highest BCUT2D eigenvalue weighted by molar-refractivity contribution is 9.10. The van der Waals surface area contributed by atoms with E-state index in [1.165, 1.54) is 0 Å². The average Bonchev–Trinajstić information content (AvgIpc) is 2.43. The first-order valence-corrected chi connectivity index (χ1v) is 6.89. The molecule has 0 aliphatic carbocycles. The van der Waals surface area contributed by atoms with Gasteiger partial charge in [0.2, 0.25) is 0 Å². The molecule has 1 heterocycles. The van der Waals surface area contributed by atoms with Gasteiger partial charge in [0.05, 0.1) is 5.02 Å². The molecule has 0 saturated heterocycles. The maximum absolute atomic E-state index is 12.2. The van der Waals surface area contributed by atoms with Crippen molar-refractivity contribution in [2.45, 2.75) is 6.92 Å². The summed E-state index contributed by atoms with van der Waals surface area (Å²) in [4.78, 5) is 16.2. The van der Waals surface area contributed by atoms with Crippen molar-refractivity contribution in [1.82, 2.24) is 4.98 Å². The van der Waals surface area contributed by atoms with Crippen LogP contribution in [-0.4, -0.2) is 10.9 Å². The number of halogens is 2. The van der Waals surface area contributed by atoms with Gasteiger partial charge in [-0.1, -0.05) is 27.5 Å². The van der Waals surface area contributed by atoms with Crippen molar-refractivity contribution in [3.05, 3.63) is 51.1 Å². The van der Waals surface area contributed by atoms with Gasteiger partial charge in [-0.15, -0.1) is 0 Å². The van der Waals surface area contributed by atoms with Crippen molar-refractivity contribution < 1.29 is 4.79 Å². The molecular formula is C13H12BrClN4O. The number of hydrazine groups is 1. The van der Waals surface area contributed by atoms with Crippen LogP contribution in [0.2, 0.25) is 5.02 Å². The Morgan fingerprint density at radius 1 is 1.35 bits per heavy atom. The normalized spacial score (nSPS) is 10.2. The van der Waals surface area contributed by atoms with Crippen molar-refractivity contribution in [1.29, 1.82) is 0 Å². The number of nitrogens with zero attached hydrogens (tertiary/aromatic N) is 1. The van der Waals surface area contributed by atoms with Gasteiger partial charge in [0.15, 0.2) is 0 Å². The second-order valence-electron chi connectivity index (χ2n) is 4.09. The van der Waals surface area contributed by atoms with Gasteiger partial charge in [-0.2, -0.15) is 0 Å². The minimum Gasteiger partial charge on any atom is -0.321 e. The smallest absolute Gasteiger partial charge is 0.275 e. The van der Waals surface area contributed by atoms with Crippen LogP contribution >= 0.6 is 27.5 Å². The number of nitrogen functional groups attached to an aromatic ring is 1. The largest absolute Gasteiger partial charge is 0.321 e. The Labute approximate surface area is 129 Å². The molecule has 5 nitrogen and oxygen atoms in total. The molecule has 2 aromatic rings. The van der Waals surface area contributed by atoms with E-state index in [4.69, 9.17) is 17.4 Å². The second kappa shape index (κ2) is 6.21. The van der Waals surface area contributed by atoms with Crippen molar-refractivity contribution in [2.24, 2.45) is 5.84 Å². The topological polar surface area (TPSA) is 80.0 Å². The molecule has 0 bridgehead atoms. The zero-order valence-electron chi connectivity index (χ0n) is 10.6. The number of pyridine rings is 1. The number of nitrogens with one attached hydrogen (secondary N) is 2. The molecule has 0 aliphatic rings. The van der Waals surface area contributed by atoms with E-state index in [0.717, 1.165) is 10.0 Å². The average molecular weight is 356 g/mol. The van der Waals surface area contributed by atoms with Gasteiger partial charge in [-0.05, 0) is 42.8 Å². The van der Waals surface area contributed by atoms with Gasteiger partial charge in [-0.3, -0.25) is 4.79 Å². The lowest BCUT2D eigenvalue weighted by Gasteiger charge is -2.09. The highest BCUT2D eigenvalue weighted by Gasteiger charge is 2.13. The van der Waals surface area contributed by atoms with Crippen molar-refractivity contribution in [2.75, 3.05) is 10.7 Å². The van der Waals surface area contributed by atoms with E-state index in [1.54, 1.807) is 18.2 Å². The quantitative estimate of drug-likeness (QED) is 0.583. The molecule has 0 spiro atoms. The van der Waals surface area contributed by atoms with E-state index >= 15 is 0 Å². The number of rotatable bonds is 3. The maximum atomic E-state index is 12.2. The van der Waals surface area contributed by atoms with Gasteiger partial charge in [0, 0.05) is 10.2 Å². The predicted molar refractivity (Wildman–Crippen MR) is 83.9 cm³/mol. The van der Waals surface area contributed by atoms with Crippen LogP contribution in [-0.2, 0) is 0 Å². The van der Waals surface area contributed by atoms with E-state index in [-0.39, 0.29) is 10.7 Å². The number of anilines is 2. The van der Waals surface area contributed by atoms with Crippen molar-refractivity contribution in [3.63, 3.8) is 0 Å². The Morgan fingerprint density at radius 2 is 2.10 bits per heavy atom. The summed E-state index contributed by atoms with van der Waals surface area (Å²) < 4.78 is 0.973. The molecule has 104 valence electrons. The molecule has 4 N–H and O–H groups in total. The number of nitrogens with two attached hydrogens (primary N) is 1. The first-order chi connectivity index (χ1) is 9.51. The minimum absolute atomic E-state index is 0.114. The Hall–Kier alpha value is -1.63. The summed E-state index contributed by atoms with van der Waals surface area (Å²) in [5.41, 5.74) is 4.17. The van der Waals surface area contributed by atoms with E-state index in [0.29, 0.717) is 11.5 Å². The number of amides is 1. The molecule has 0 fully saturated rings. The van der Waals surface area contributed by atoms with Crippen LogP contribution in [0.25, 0.3) is 0 Å². The summed E-state index contributed by atoms with van der Waals surface area (Å²) in [6, 6.07) is 8.64. The molecule has 0 radical (unpaired) electrons. The van der Waals surface area contributed by atoms with Crippen molar-refractivity contribution in [3.8, 4) is 0 Å². The standard InChI is InChI=1S/C13H12BrClN4O/c1-7-6-8(2-3-9(7)14)17-13(20)12-10(15)4-5-11(18-12)19-16/h2-6H,16H2,1H3,(H,17,20)(H,18,19). The lowest BCUT2D eigenvalue weighted by Crippen LogP contribution is -2.16. The molecular weight excluding hydrogens is 344 g/mol. The molecule has 7 heteroatoms. The van der Waals surface area contributed by atoms with E-state index in [1.807, 2.05) is 19.1 Å². The minimum atomic E-state index is -0.395. The van der Waals surface area contributed by atoms with Crippen LogP contribution in [0.3, 0.4) is 0 Å². The molecule has 0 atom stereocenters.